The molecule has 0 saturated carbocycles. The number of nitrogens with two attached hydrogens (primary N) is 1. The van der Waals surface area contributed by atoms with E-state index in [1.54, 1.807) is 18.2 Å². The van der Waals surface area contributed by atoms with Crippen LogP contribution in [0.15, 0.2) is 45.8 Å². The summed E-state index contributed by atoms with van der Waals surface area (Å²) < 4.78 is 41.6. The molecular weight excluding hydrogens is 359 g/mol. The molecule has 2 aromatic rings. The van der Waals surface area contributed by atoms with Gasteiger partial charge in [0, 0.05) is 16.7 Å². The third-order valence-corrected chi connectivity index (χ3v) is 5.24. The van der Waals surface area contributed by atoms with Crippen molar-refractivity contribution in [2.45, 2.75) is 18.4 Å². The first kappa shape index (κ1) is 15.9. The van der Waals surface area contributed by atoms with E-state index in [4.69, 9.17) is 5.73 Å². The summed E-state index contributed by atoms with van der Waals surface area (Å²) in [5, 5.41) is 0. The second kappa shape index (κ2) is 6.13. The van der Waals surface area contributed by atoms with Gasteiger partial charge in [-0.25, -0.2) is 12.8 Å². The van der Waals surface area contributed by atoms with Crippen molar-refractivity contribution < 1.29 is 12.8 Å². The van der Waals surface area contributed by atoms with Crippen molar-refractivity contribution in [2.24, 2.45) is 5.73 Å². The Hall–Kier alpha value is -1.44. The van der Waals surface area contributed by atoms with Gasteiger partial charge in [0.25, 0.3) is 10.0 Å². The summed E-state index contributed by atoms with van der Waals surface area (Å²) >= 11 is 3.33. The second-order valence-electron chi connectivity index (χ2n) is 4.54. The number of hydrogen-bond donors (Lipinski definition) is 2. The summed E-state index contributed by atoms with van der Waals surface area (Å²) in [5.74, 6) is -0.820. The number of anilines is 1. The Labute approximate surface area is 131 Å². The summed E-state index contributed by atoms with van der Waals surface area (Å²) in [7, 11) is -3.98. The van der Waals surface area contributed by atoms with Crippen molar-refractivity contribution in [3.63, 3.8) is 0 Å². The highest BCUT2D eigenvalue weighted by Gasteiger charge is 2.19. The van der Waals surface area contributed by atoms with Gasteiger partial charge in [0.1, 0.15) is 10.7 Å². The average Bonchev–Trinajstić information content (AvgIpc) is 2.42. The van der Waals surface area contributed by atoms with Crippen molar-refractivity contribution in [1.29, 1.82) is 0 Å². The van der Waals surface area contributed by atoms with Crippen LogP contribution in [0.1, 0.15) is 11.1 Å². The largest absolute Gasteiger partial charge is 0.326 e. The van der Waals surface area contributed by atoms with E-state index in [0.29, 0.717) is 11.3 Å². The topological polar surface area (TPSA) is 72.2 Å². The molecule has 21 heavy (non-hydrogen) atoms. The molecule has 0 radical (unpaired) electrons. The zero-order chi connectivity index (χ0) is 15.6. The summed E-state index contributed by atoms with van der Waals surface area (Å²) in [4.78, 5) is -0.403. The van der Waals surface area contributed by atoms with Crippen LogP contribution >= 0.6 is 15.9 Å². The highest BCUT2D eigenvalue weighted by atomic mass is 79.9. The normalized spacial score (nSPS) is 11.4. The van der Waals surface area contributed by atoms with Crippen LogP contribution in [0, 0.1) is 12.7 Å². The molecule has 0 fully saturated rings. The Balaban J connectivity index is 2.36. The lowest BCUT2D eigenvalue weighted by Crippen LogP contribution is -2.15. The van der Waals surface area contributed by atoms with Gasteiger partial charge in [-0.2, -0.15) is 0 Å². The minimum atomic E-state index is -3.98. The molecule has 2 aromatic carbocycles. The number of halogens is 2. The van der Waals surface area contributed by atoms with Crippen LogP contribution in [0.4, 0.5) is 10.1 Å². The van der Waals surface area contributed by atoms with E-state index in [1.165, 1.54) is 12.1 Å². The average molecular weight is 373 g/mol. The number of hydrogen-bond acceptors (Lipinski definition) is 3. The lowest BCUT2D eigenvalue weighted by Gasteiger charge is -2.10. The molecule has 0 aliphatic rings. The number of benzene rings is 2. The number of aryl methyl sites for hydroxylation is 1. The highest BCUT2D eigenvalue weighted by molar-refractivity contribution is 9.10. The molecule has 0 atom stereocenters. The summed E-state index contributed by atoms with van der Waals surface area (Å²) in [5.41, 5.74) is 7.17. The Morgan fingerprint density at radius 3 is 2.52 bits per heavy atom. The molecule has 0 heterocycles. The number of nitrogens with one attached hydrogen (secondary N) is 1. The van der Waals surface area contributed by atoms with Gasteiger partial charge in [-0.3, -0.25) is 4.72 Å². The van der Waals surface area contributed by atoms with Gasteiger partial charge in [0.15, 0.2) is 0 Å². The van der Waals surface area contributed by atoms with E-state index in [-0.39, 0.29) is 6.54 Å². The van der Waals surface area contributed by atoms with Crippen LogP contribution in [0.3, 0.4) is 0 Å². The Kier molecular flexibility index (Phi) is 4.65. The highest BCUT2D eigenvalue weighted by Crippen LogP contribution is 2.23. The van der Waals surface area contributed by atoms with Crippen LogP contribution in [0.5, 0.6) is 0 Å². The molecule has 112 valence electrons. The van der Waals surface area contributed by atoms with Gasteiger partial charge in [0.05, 0.1) is 0 Å². The van der Waals surface area contributed by atoms with Gasteiger partial charge < -0.3 is 5.73 Å². The molecule has 0 aliphatic heterocycles. The lowest BCUT2D eigenvalue weighted by molar-refractivity contribution is 0.569. The molecule has 0 amide bonds. The molecule has 3 N–H and O–H groups in total. The predicted molar refractivity (Wildman–Crippen MR) is 84.0 cm³/mol. The zero-order valence-electron chi connectivity index (χ0n) is 11.2. The maximum atomic E-state index is 13.9. The van der Waals surface area contributed by atoms with E-state index in [0.717, 1.165) is 16.1 Å². The van der Waals surface area contributed by atoms with Crippen molar-refractivity contribution in [2.75, 3.05) is 4.72 Å². The maximum Gasteiger partial charge on any atom is 0.264 e. The molecule has 4 nitrogen and oxygen atoms in total. The van der Waals surface area contributed by atoms with E-state index >= 15 is 0 Å². The van der Waals surface area contributed by atoms with E-state index < -0.39 is 20.7 Å². The Bertz CT molecular complexity index is 779. The van der Waals surface area contributed by atoms with Gasteiger partial charge in [-0.1, -0.05) is 22.0 Å². The molecule has 0 aliphatic carbocycles. The fraction of sp³-hybridized carbons (Fsp3) is 0.143. The van der Waals surface area contributed by atoms with Crippen LogP contribution < -0.4 is 10.5 Å². The molecular formula is C14H14BrFN2O2S. The first-order valence-electron chi connectivity index (χ1n) is 6.11. The van der Waals surface area contributed by atoms with Crippen molar-refractivity contribution in [1.82, 2.24) is 0 Å². The monoisotopic (exact) mass is 372 g/mol. The number of rotatable bonds is 4. The zero-order valence-corrected chi connectivity index (χ0v) is 13.6. The maximum absolute atomic E-state index is 13.9. The Morgan fingerprint density at radius 2 is 1.95 bits per heavy atom. The summed E-state index contributed by atoms with van der Waals surface area (Å²) in [6, 6.07) is 8.81. The quantitative estimate of drug-likeness (QED) is 0.865. The molecule has 0 saturated heterocycles. The third-order valence-electron chi connectivity index (χ3n) is 2.93. The SMILES string of the molecule is Cc1cc(NS(=O)(=O)c2ccc(CN)cc2F)ccc1Br. The standard InChI is InChI=1S/C14H14BrFN2O2S/c1-9-6-11(3-4-12(9)15)18-21(19,20)14-5-2-10(8-17)7-13(14)16/h2-7,18H,8,17H2,1H3. The third kappa shape index (κ3) is 3.61. The van der Waals surface area contributed by atoms with E-state index in [9.17, 15) is 12.8 Å². The molecule has 7 heteroatoms. The van der Waals surface area contributed by atoms with Crippen molar-refractivity contribution in [3.8, 4) is 0 Å². The van der Waals surface area contributed by atoms with Gasteiger partial charge in [-0.05, 0) is 48.4 Å². The molecule has 0 spiro atoms. The molecule has 0 bridgehead atoms. The van der Waals surface area contributed by atoms with Crippen molar-refractivity contribution >= 4 is 31.6 Å². The molecule has 0 unspecified atom stereocenters. The first-order chi connectivity index (χ1) is 9.83. The minimum Gasteiger partial charge on any atom is -0.326 e. The number of sulfonamides is 1. The van der Waals surface area contributed by atoms with Crippen molar-refractivity contribution in [3.05, 3.63) is 57.8 Å². The fourth-order valence-electron chi connectivity index (χ4n) is 1.81. The summed E-state index contributed by atoms with van der Waals surface area (Å²) in [6.45, 7) is 1.98. The van der Waals surface area contributed by atoms with Crippen LogP contribution in [0.25, 0.3) is 0 Å². The molecule has 0 aromatic heterocycles. The second-order valence-corrected chi connectivity index (χ2v) is 7.04. The fourth-order valence-corrected chi connectivity index (χ4v) is 3.16. The molecule has 2 rings (SSSR count). The first-order valence-corrected chi connectivity index (χ1v) is 8.38. The smallest absolute Gasteiger partial charge is 0.264 e. The predicted octanol–water partition coefficient (Wildman–Crippen LogP) is 3.16. The van der Waals surface area contributed by atoms with Crippen LogP contribution in [-0.4, -0.2) is 8.42 Å². The Morgan fingerprint density at radius 1 is 1.24 bits per heavy atom. The minimum absolute atomic E-state index is 0.149. The van der Waals surface area contributed by atoms with Gasteiger partial charge in [-0.15, -0.1) is 0 Å². The lowest BCUT2D eigenvalue weighted by atomic mass is 10.2. The van der Waals surface area contributed by atoms with Gasteiger partial charge >= 0.3 is 0 Å². The van der Waals surface area contributed by atoms with E-state index in [1.807, 2.05) is 6.92 Å². The van der Waals surface area contributed by atoms with E-state index in [2.05, 4.69) is 20.7 Å². The van der Waals surface area contributed by atoms with Crippen LogP contribution in [0.2, 0.25) is 0 Å². The summed E-state index contributed by atoms with van der Waals surface area (Å²) in [6.07, 6.45) is 0. The van der Waals surface area contributed by atoms with Crippen LogP contribution in [-0.2, 0) is 16.6 Å². The van der Waals surface area contributed by atoms with Gasteiger partial charge in [0.2, 0.25) is 0 Å².